The second kappa shape index (κ2) is 4.29. The maximum Gasteiger partial charge on any atom is 0.223 e. The normalized spacial score (nSPS) is 24.1. The molecule has 4 nitrogen and oxygen atoms in total. The highest BCUT2D eigenvalue weighted by molar-refractivity contribution is 9.10. The summed E-state index contributed by atoms with van der Waals surface area (Å²) in [6.07, 6.45) is 1.70. The van der Waals surface area contributed by atoms with Crippen LogP contribution in [0.2, 0.25) is 0 Å². The molecule has 2 aliphatic heterocycles. The summed E-state index contributed by atoms with van der Waals surface area (Å²) < 4.78 is 0.861. The lowest BCUT2D eigenvalue weighted by Gasteiger charge is -2.38. The molecule has 90 valence electrons. The fourth-order valence-corrected chi connectivity index (χ4v) is 2.98. The number of amides is 1. The summed E-state index contributed by atoms with van der Waals surface area (Å²) in [4.78, 5) is 20.3. The van der Waals surface area contributed by atoms with E-state index < -0.39 is 0 Å². The van der Waals surface area contributed by atoms with Crippen molar-refractivity contribution in [2.45, 2.75) is 18.9 Å². The first-order valence-electron chi connectivity index (χ1n) is 5.91. The Balaban J connectivity index is 1.77. The van der Waals surface area contributed by atoms with Crippen LogP contribution in [0.4, 0.5) is 5.82 Å². The zero-order chi connectivity index (χ0) is 11.8. The highest BCUT2D eigenvalue weighted by atomic mass is 79.9. The Kier molecular flexibility index (Phi) is 2.78. The van der Waals surface area contributed by atoms with Crippen molar-refractivity contribution in [3.05, 3.63) is 22.8 Å². The minimum absolute atomic E-state index is 0.317. The Labute approximate surface area is 109 Å². The van der Waals surface area contributed by atoms with Gasteiger partial charge in [-0.1, -0.05) is 6.07 Å². The lowest BCUT2D eigenvalue weighted by Crippen LogP contribution is -2.51. The van der Waals surface area contributed by atoms with Gasteiger partial charge in [0.1, 0.15) is 10.4 Å². The fourth-order valence-electron chi connectivity index (χ4n) is 2.65. The van der Waals surface area contributed by atoms with Crippen LogP contribution < -0.4 is 4.90 Å². The first-order valence-corrected chi connectivity index (χ1v) is 6.70. The SMILES string of the molecule is O=C1CCC2CN(c3cccc(Br)n3)CCN12. The minimum atomic E-state index is 0.317. The number of piperazine rings is 1. The van der Waals surface area contributed by atoms with E-state index in [-0.39, 0.29) is 0 Å². The molecular weight excluding hydrogens is 282 g/mol. The van der Waals surface area contributed by atoms with E-state index in [4.69, 9.17) is 0 Å². The molecule has 3 rings (SSSR count). The number of rotatable bonds is 1. The zero-order valence-corrected chi connectivity index (χ0v) is 11.1. The van der Waals surface area contributed by atoms with E-state index in [1.807, 2.05) is 23.1 Å². The molecule has 0 aromatic carbocycles. The first kappa shape index (κ1) is 11.0. The van der Waals surface area contributed by atoms with Crippen LogP contribution in [0.3, 0.4) is 0 Å². The highest BCUT2D eigenvalue weighted by Gasteiger charge is 2.35. The lowest BCUT2D eigenvalue weighted by molar-refractivity contribution is -0.129. The molecule has 2 saturated heterocycles. The van der Waals surface area contributed by atoms with Crippen LogP contribution in [0.15, 0.2) is 22.8 Å². The molecular formula is C12H14BrN3O. The van der Waals surface area contributed by atoms with Crippen LogP contribution in [0, 0.1) is 0 Å². The van der Waals surface area contributed by atoms with Crippen molar-refractivity contribution >= 4 is 27.7 Å². The van der Waals surface area contributed by atoms with Gasteiger partial charge in [0, 0.05) is 32.1 Å². The van der Waals surface area contributed by atoms with Gasteiger partial charge in [0.2, 0.25) is 5.91 Å². The topological polar surface area (TPSA) is 36.4 Å². The molecule has 2 aliphatic rings. The van der Waals surface area contributed by atoms with Crippen molar-refractivity contribution in [3.8, 4) is 0 Å². The zero-order valence-electron chi connectivity index (χ0n) is 9.47. The van der Waals surface area contributed by atoms with Crippen molar-refractivity contribution in [2.24, 2.45) is 0 Å². The molecule has 1 aromatic rings. The molecule has 1 atom stereocenters. The fraction of sp³-hybridized carbons (Fsp3) is 0.500. The Hall–Kier alpha value is -1.10. The molecule has 1 unspecified atom stereocenters. The van der Waals surface area contributed by atoms with E-state index in [9.17, 15) is 4.79 Å². The summed E-state index contributed by atoms with van der Waals surface area (Å²) in [6.45, 7) is 2.62. The predicted molar refractivity (Wildman–Crippen MR) is 68.9 cm³/mol. The smallest absolute Gasteiger partial charge is 0.223 e. The van der Waals surface area contributed by atoms with Gasteiger partial charge in [0.15, 0.2) is 0 Å². The Morgan fingerprint density at radius 2 is 2.24 bits per heavy atom. The Morgan fingerprint density at radius 3 is 3.06 bits per heavy atom. The van der Waals surface area contributed by atoms with Gasteiger partial charge in [0.25, 0.3) is 0 Å². The van der Waals surface area contributed by atoms with E-state index >= 15 is 0 Å². The largest absolute Gasteiger partial charge is 0.353 e. The summed E-state index contributed by atoms with van der Waals surface area (Å²) in [5.41, 5.74) is 0. The van der Waals surface area contributed by atoms with Crippen LogP contribution in [0.5, 0.6) is 0 Å². The molecule has 0 spiro atoms. The number of halogens is 1. The molecule has 1 aromatic heterocycles. The van der Waals surface area contributed by atoms with Crippen LogP contribution >= 0.6 is 15.9 Å². The van der Waals surface area contributed by atoms with Gasteiger partial charge < -0.3 is 9.80 Å². The number of carbonyl (C=O) groups is 1. The van der Waals surface area contributed by atoms with E-state index in [1.165, 1.54) is 0 Å². The maximum atomic E-state index is 11.6. The number of nitrogens with zero attached hydrogens (tertiary/aromatic N) is 3. The molecule has 5 heteroatoms. The van der Waals surface area contributed by atoms with Gasteiger partial charge in [-0.15, -0.1) is 0 Å². The number of pyridine rings is 1. The van der Waals surface area contributed by atoms with E-state index in [1.54, 1.807) is 0 Å². The third-order valence-corrected chi connectivity index (χ3v) is 3.96. The molecule has 2 fully saturated rings. The molecule has 0 saturated carbocycles. The summed E-state index contributed by atoms with van der Waals surface area (Å²) in [7, 11) is 0. The number of aromatic nitrogens is 1. The quantitative estimate of drug-likeness (QED) is 0.740. The van der Waals surface area contributed by atoms with Crippen LogP contribution in [0.25, 0.3) is 0 Å². The summed E-state index contributed by atoms with van der Waals surface area (Å²) in [6, 6.07) is 6.34. The standard InChI is InChI=1S/C12H14BrN3O/c13-10-2-1-3-11(14-10)15-6-7-16-9(8-15)4-5-12(16)17/h1-3,9H,4-8H2. The van der Waals surface area contributed by atoms with Gasteiger partial charge >= 0.3 is 0 Å². The second-order valence-electron chi connectivity index (χ2n) is 4.54. The lowest BCUT2D eigenvalue weighted by atomic mass is 10.1. The monoisotopic (exact) mass is 295 g/mol. The molecule has 0 radical (unpaired) electrons. The molecule has 0 N–H and O–H groups in total. The van der Waals surface area contributed by atoms with Crippen molar-refractivity contribution in [2.75, 3.05) is 24.5 Å². The Bertz CT molecular complexity index is 451. The highest BCUT2D eigenvalue weighted by Crippen LogP contribution is 2.25. The van der Waals surface area contributed by atoms with E-state index in [0.717, 1.165) is 36.5 Å². The molecule has 17 heavy (non-hydrogen) atoms. The number of hydrogen-bond donors (Lipinski definition) is 0. The van der Waals surface area contributed by atoms with Gasteiger partial charge in [-0.3, -0.25) is 4.79 Å². The van der Waals surface area contributed by atoms with E-state index in [0.29, 0.717) is 18.4 Å². The van der Waals surface area contributed by atoms with Crippen molar-refractivity contribution in [3.63, 3.8) is 0 Å². The number of fused-ring (bicyclic) bond motifs is 1. The summed E-state index contributed by atoms with van der Waals surface area (Å²) >= 11 is 3.39. The summed E-state index contributed by atoms with van der Waals surface area (Å²) in [5, 5.41) is 0. The maximum absolute atomic E-state index is 11.6. The van der Waals surface area contributed by atoms with Crippen LogP contribution in [0.1, 0.15) is 12.8 Å². The molecule has 0 aliphatic carbocycles. The average Bonchev–Trinajstić information content (AvgIpc) is 2.71. The first-order chi connectivity index (χ1) is 8.24. The third-order valence-electron chi connectivity index (χ3n) is 3.52. The Morgan fingerprint density at radius 1 is 1.35 bits per heavy atom. The molecule has 0 bridgehead atoms. The van der Waals surface area contributed by atoms with Crippen molar-refractivity contribution in [1.29, 1.82) is 0 Å². The van der Waals surface area contributed by atoms with Crippen molar-refractivity contribution in [1.82, 2.24) is 9.88 Å². The van der Waals surface area contributed by atoms with Crippen molar-refractivity contribution < 1.29 is 4.79 Å². The minimum Gasteiger partial charge on any atom is -0.353 e. The van der Waals surface area contributed by atoms with Crippen LogP contribution in [-0.4, -0.2) is 41.5 Å². The molecule has 1 amide bonds. The third kappa shape index (κ3) is 2.04. The molecule has 3 heterocycles. The second-order valence-corrected chi connectivity index (χ2v) is 5.36. The van der Waals surface area contributed by atoms with Gasteiger partial charge in [-0.2, -0.15) is 0 Å². The average molecular weight is 296 g/mol. The number of hydrogen-bond acceptors (Lipinski definition) is 3. The van der Waals surface area contributed by atoms with E-state index in [2.05, 4.69) is 25.8 Å². The predicted octanol–water partition coefficient (Wildman–Crippen LogP) is 1.66. The number of anilines is 1. The van der Waals surface area contributed by atoms with Gasteiger partial charge in [-0.05, 0) is 34.5 Å². The summed E-state index contributed by atoms with van der Waals surface area (Å²) in [5.74, 6) is 1.32. The van der Waals surface area contributed by atoms with Gasteiger partial charge in [0.05, 0.1) is 0 Å². The van der Waals surface area contributed by atoms with Crippen LogP contribution in [-0.2, 0) is 4.79 Å². The van der Waals surface area contributed by atoms with Gasteiger partial charge in [-0.25, -0.2) is 4.98 Å². The number of carbonyl (C=O) groups excluding carboxylic acids is 1.